The standard InChI is InChI=1S/C12H19N3O2S/c1-2-11-14-15-12(17-11)18-8-10(16)13-9-6-4-3-5-7-9/h9H,2-8H2,1H3,(H,13,16). The summed E-state index contributed by atoms with van der Waals surface area (Å²) in [5.41, 5.74) is 0. The third kappa shape index (κ3) is 4.01. The molecule has 0 unspecified atom stereocenters. The number of rotatable bonds is 5. The number of hydrogen-bond acceptors (Lipinski definition) is 5. The topological polar surface area (TPSA) is 68.0 Å². The minimum absolute atomic E-state index is 0.0585. The van der Waals surface area contributed by atoms with Gasteiger partial charge in [0.15, 0.2) is 0 Å². The van der Waals surface area contributed by atoms with Crippen LogP contribution in [0, 0.1) is 0 Å². The smallest absolute Gasteiger partial charge is 0.277 e. The van der Waals surface area contributed by atoms with Gasteiger partial charge in [-0.05, 0) is 12.8 Å². The summed E-state index contributed by atoms with van der Waals surface area (Å²) in [4.78, 5) is 11.7. The van der Waals surface area contributed by atoms with Crippen LogP contribution in [0.2, 0.25) is 0 Å². The van der Waals surface area contributed by atoms with Gasteiger partial charge in [-0.3, -0.25) is 4.79 Å². The van der Waals surface area contributed by atoms with Crippen LogP contribution in [-0.2, 0) is 11.2 Å². The van der Waals surface area contributed by atoms with Crippen LogP contribution in [0.25, 0.3) is 0 Å². The third-order valence-corrected chi connectivity index (χ3v) is 3.87. The van der Waals surface area contributed by atoms with E-state index in [4.69, 9.17) is 4.42 Å². The van der Waals surface area contributed by atoms with E-state index in [0.29, 0.717) is 22.9 Å². The van der Waals surface area contributed by atoms with Crippen molar-refractivity contribution in [2.24, 2.45) is 0 Å². The second-order valence-corrected chi connectivity index (χ2v) is 5.43. The molecule has 100 valence electrons. The third-order valence-electron chi connectivity index (χ3n) is 3.05. The predicted molar refractivity (Wildman–Crippen MR) is 69.4 cm³/mol. The van der Waals surface area contributed by atoms with Gasteiger partial charge in [0.2, 0.25) is 11.8 Å². The molecule has 1 heterocycles. The summed E-state index contributed by atoms with van der Waals surface area (Å²) in [6, 6.07) is 0.362. The van der Waals surface area contributed by atoms with E-state index < -0.39 is 0 Å². The maximum atomic E-state index is 11.7. The molecule has 0 aromatic carbocycles. The van der Waals surface area contributed by atoms with Crippen molar-refractivity contribution in [1.29, 1.82) is 0 Å². The quantitative estimate of drug-likeness (QED) is 0.830. The number of aryl methyl sites for hydroxylation is 1. The zero-order valence-electron chi connectivity index (χ0n) is 10.6. The van der Waals surface area contributed by atoms with Gasteiger partial charge in [-0.15, -0.1) is 10.2 Å². The predicted octanol–water partition coefficient (Wildman–Crippen LogP) is 2.17. The van der Waals surface area contributed by atoms with Gasteiger partial charge in [0.25, 0.3) is 5.22 Å². The Morgan fingerprint density at radius 3 is 2.83 bits per heavy atom. The second kappa shape index (κ2) is 6.78. The van der Waals surface area contributed by atoms with Gasteiger partial charge < -0.3 is 9.73 Å². The molecule has 1 fully saturated rings. The van der Waals surface area contributed by atoms with Crippen LogP contribution in [0.15, 0.2) is 9.64 Å². The molecule has 0 saturated heterocycles. The fourth-order valence-electron chi connectivity index (χ4n) is 2.08. The number of amides is 1. The van der Waals surface area contributed by atoms with Crippen LogP contribution in [-0.4, -0.2) is 27.9 Å². The molecular formula is C12H19N3O2S. The number of carbonyl (C=O) groups is 1. The zero-order chi connectivity index (χ0) is 12.8. The summed E-state index contributed by atoms with van der Waals surface area (Å²) < 4.78 is 5.33. The first-order valence-electron chi connectivity index (χ1n) is 6.52. The molecule has 0 spiro atoms. The first-order valence-corrected chi connectivity index (χ1v) is 7.51. The fourth-order valence-corrected chi connectivity index (χ4v) is 2.67. The van der Waals surface area contributed by atoms with Crippen molar-refractivity contribution >= 4 is 17.7 Å². The summed E-state index contributed by atoms with van der Waals surface area (Å²) in [6.07, 6.45) is 6.68. The van der Waals surface area contributed by atoms with Crippen molar-refractivity contribution in [2.45, 2.75) is 56.7 Å². The largest absolute Gasteiger partial charge is 0.416 e. The molecule has 1 aromatic heterocycles. The highest BCUT2D eigenvalue weighted by molar-refractivity contribution is 7.99. The zero-order valence-corrected chi connectivity index (χ0v) is 11.5. The van der Waals surface area contributed by atoms with Crippen molar-refractivity contribution in [3.05, 3.63) is 5.89 Å². The first-order chi connectivity index (χ1) is 8.78. The Balaban J connectivity index is 1.70. The SMILES string of the molecule is CCc1nnc(SCC(=O)NC2CCCCC2)o1. The lowest BCUT2D eigenvalue weighted by Crippen LogP contribution is -2.37. The summed E-state index contributed by atoms with van der Waals surface area (Å²) in [6.45, 7) is 1.96. The van der Waals surface area contributed by atoms with Crippen LogP contribution < -0.4 is 5.32 Å². The molecule has 1 N–H and O–H groups in total. The highest BCUT2D eigenvalue weighted by atomic mass is 32.2. The Labute approximate surface area is 111 Å². The lowest BCUT2D eigenvalue weighted by Gasteiger charge is -2.22. The van der Waals surface area contributed by atoms with Gasteiger partial charge in [0.1, 0.15) is 0 Å². The first kappa shape index (κ1) is 13.4. The average Bonchev–Trinajstić information content (AvgIpc) is 2.85. The molecule has 1 amide bonds. The number of carbonyl (C=O) groups excluding carboxylic acids is 1. The van der Waals surface area contributed by atoms with Gasteiger partial charge in [0, 0.05) is 12.5 Å². The molecular weight excluding hydrogens is 250 g/mol. The second-order valence-electron chi connectivity index (χ2n) is 4.51. The van der Waals surface area contributed by atoms with Crippen LogP contribution in [0.4, 0.5) is 0 Å². The van der Waals surface area contributed by atoms with Crippen molar-refractivity contribution in [3.63, 3.8) is 0 Å². The Kier molecular flexibility index (Phi) is 5.04. The molecule has 0 atom stereocenters. The van der Waals surface area contributed by atoms with Gasteiger partial charge in [-0.1, -0.05) is 37.9 Å². The van der Waals surface area contributed by atoms with Crippen molar-refractivity contribution in [2.75, 3.05) is 5.75 Å². The normalized spacial score (nSPS) is 16.7. The van der Waals surface area contributed by atoms with Crippen LogP contribution in [0.1, 0.15) is 44.9 Å². The Hall–Kier alpha value is -1.04. The maximum absolute atomic E-state index is 11.7. The van der Waals surface area contributed by atoms with Crippen molar-refractivity contribution < 1.29 is 9.21 Å². The molecule has 0 aliphatic heterocycles. The summed E-state index contributed by atoms with van der Waals surface area (Å²) >= 11 is 1.30. The number of aromatic nitrogens is 2. The Morgan fingerprint density at radius 2 is 2.17 bits per heavy atom. The van der Waals surface area contributed by atoms with E-state index in [0.717, 1.165) is 19.3 Å². The highest BCUT2D eigenvalue weighted by Crippen LogP contribution is 2.19. The fraction of sp³-hybridized carbons (Fsp3) is 0.750. The molecule has 5 nitrogen and oxygen atoms in total. The Morgan fingerprint density at radius 1 is 1.39 bits per heavy atom. The van der Waals surface area contributed by atoms with E-state index in [1.807, 2.05) is 6.92 Å². The van der Waals surface area contributed by atoms with E-state index in [2.05, 4.69) is 15.5 Å². The summed E-state index contributed by atoms with van der Waals surface area (Å²) in [7, 11) is 0. The molecule has 1 aliphatic carbocycles. The molecule has 0 bridgehead atoms. The lowest BCUT2D eigenvalue weighted by atomic mass is 9.95. The molecule has 18 heavy (non-hydrogen) atoms. The molecule has 1 aliphatic rings. The number of hydrogen-bond donors (Lipinski definition) is 1. The van der Waals surface area contributed by atoms with Gasteiger partial charge in [0.05, 0.1) is 5.75 Å². The monoisotopic (exact) mass is 269 g/mol. The summed E-state index contributed by atoms with van der Waals surface area (Å²) in [5.74, 6) is 1.02. The maximum Gasteiger partial charge on any atom is 0.277 e. The molecule has 1 aromatic rings. The molecule has 0 radical (unpaired) electrons. The van der Waals surface area contributed by atoms with Crippen molar-refractivity contribution in [3.8, 4) is 0 Å². The van der Waals surface area contributed by atoms with Gasteiger partial charge in [-0.25, -0.2) is 0 Å². The minimum atomic E-state index is 0.0585. The average molecular weight is 269 g/mol. The van der Waals surface area contributed by atoms with Crippen LogP contribution >= 0.6 is 11.8 Å². The lowest BCUT2D eigenvalue weighted by molar-refractivity contribution is -0.119. The minimum Gasteiger partial charge on any atom is -0.416 e. The van der Waals surface area contributed by atoms with Gasteiger partial charge >= 0.3 is 0 Å². The van der Waals surface area contributed by atoms with Crippen LogP contribution in [0.5, 0.6) is 0 Å². The molecule has 1 saturated carbocycles. The summed E-state index contributed by atoms with van der Waals surface area (Å²) in [5, 5.41) is 11.3. The molecule has 2 rings (SSSR count). The van der Waals surface area contributed by atoms with E-state index in [9.17, 15) is 4.79 Å². The van der Waals surface area contributed by atoms with Gasteiger partial charge in [-0.2, -0.15) is 0 Å². The Bertz CT molecular complexity index is 388. The number of thioether (sulfide) groups is 1. The molecule has 6 heteroatoms. The van der Waals surface area contributed by atoms with E-state index >= 15 is 0 Å². The number of nitrogens with zero attached hydrogens (tertiary/aromatic N) is 2. The van der Waals surface area contributed by atoms with E-state index in [1.54, 1.807) is 0 Å². The van der Waals surface area contributed by atoms with Crippen LogP contribution in [0.3, 0.4) is 0 Å². The van der Waals surface area contributed by atoms with E-state index in [1.165, 1.54) is 31.0 Å². The number of nitrogens with one attached hydrogen (secondary N) is 1. The highest BCUT2D eigenvalue weighted by Gasteiger charge is 2.16. The van der Waals surface area contributed by atoms with Crippen molar-refractivity contribution in [1.82, 2.24) is 15.5 Å². The van der Waals surface area contributed by atoms with E-state index in [-0.39, 0.29) is 5.91 Å².